The van der Waals surface area contributed by atoms with Crippen LogP contribution in [0.25, 0.3) is 0 Å². The van der Waals surface area contributed by atoms with Gasteiger partial charge in [0, 0.05) is 25.6 Å². The number of rotatable bonds is 4. The molecule has 0 radical (unpaired) electrons. The number of halogens is 3. The lowest BCUT2D eigenvalue weighted by Gasteiger charge is -2.31. The fourth-order valence-corrected chi connectivity index (χ4v) is 3.24. The second-order valence-electron chi connectivity index (χ2n) is 6.11. The van der Waals surface area contributed by atoms with Gasteiger partial charge >= 0.3 is 6.09 Å². The Morgan fingerprint density at radius 2 is 1.85 bits per heavy atom. The lowest BCUT2D eigenvalue weighted by Crippen LogP contribution is -2.45. The second kappa shape index (κ2) is 7.78. The maximum Gasteiger partial charge on any atom is 0.415 e. The Kier molecular flexibility index (Phi) is 5.46. The van der Waals surface area contributed by atoms with Crippen LogP contribution in [0.3, 0.4) is 0 Å². The normalized spacial score (nSPS) is 19.4. The Morgan fingerprint density at radius 3 is 2.50 bits per heavy atom. The number of amides is 1. The van der Waals surface area contributed by atoms with E-state index in [-0.39, 0.29) is 17.7 Å². The number of likely N-dealkylation sites (N-methyl/N-ethyl adjacent to an activating group) is 1. The van der Waals surface area contributed by atoms with Gasteiger partial charge < -0.3 is 15.0 Å². The maximum absolute atomic E-state index is 13.6. The molecule has 4 nitrogen and oxygen atoms in total. The molecule has 1 amide bonds. The van der Waals surface area contributed by atoms with E-state index in [4.69, 9.17) is 4.74 Å². The highest BCUT2D eigenvalue weighted by atomic mass is 19.2. The number of carbonyl (C=O) groups excluding carboxylic acids is 1. The molecule has 2 aromatic carbocycles. The molecule has 0 bridgehead atoms. The van der Waals surface area contributed by atoms with Gasteiger partial charge in [-0.05, 0) is 48.9 Å². The zero-order valence-corrected chi connectivity index (χ0v) is 14.2. The summed E-state index contributed by atoms with van der Waals surface area (Å²) in [5, 5.41) is 3.18. The Labute approximate surface area is 149 Å². The molecule has 1 aliphatic rings. The van der Waals surface area contributed by atoms with E-state index in [1.807, 2.05) is 6.92 Å². The Hall–Kier alpha value is -2.54. The van der Waals surface area contributed by atoms with Crippen LogP contribution in [0.15, 0.2) is 42.5 Å². The maximum atomic E-state index is 13.6. The molecule has 2 atom stereocenters. The number of ether oxygens (including phenoxy) is 1. The van der Waals surface area contributed by atoms with Crippen LogP contribution < -0.4 is 10.1 Å². The van der Waals surface area contributed by atoms with Crippen molar-refractivity contribution in [3.63, 3.8) is 0 Å². The predicted octanol–water partition coefficient (Wildman–Crippen LogP) is 3.68. The molecule has 2 aromatic rings. The van der Waals surface area contributed by atoms with Crippen LogP contribution >= 0.6 is 0 Å². The summed E-state index contributed by atoms with van der Waals surface area (Å²) in [5.41, 5.74) is 0.618. The number of nitrogens with zero attached hydrogens (tertiary/aromatic N) is 1. The summed E-state index contributed by atoms with van der Waals surface area (Å²) in [6.07, 6.45) is -0.569. The SMILES string of the molecule is CCN(C(=O)Oc1ccc(F)cc1)[C@@H]1CNC[C@H]1c1ccc(F)c(F)c1. The zero-order valence-electron chi connectivity index (χ0n) is 14.2. The molecule has 138 valence electrons. The van der Waals surface area contributed by atoms with E-state index in [1.54, 1.807) is 0 Å². The molecular weight excluding hydrogens is 345 g/mol. The highest BCUT2D eigenvalue weighted by Gasteiger charge is 2.36. The van der Waals surface area contributed by atoms with Gasteiger partial charge in [0.2, 0.25) is 0 Å². The molecule has 0 saturated carbocycles. The zero-order chi connectivity index (χ0) is 18.7. The fourth-order valence-electron chi connectivity index (χ4n) is 3.24. The summed E-state index contributed by atoms with van der Waals surface area (Å²) in [7, 11) is 0. The van der Waals surface area contributed by atoms with Gasteiger partial charge in [0.1, 0.15) is 11.6 Å². The van der Waals surface area contributed by atoms with Crippen molar-refractivity contribution in [2.75, 3.05) is 19.6 Å². The van der Waals surface area contributed by atoms with Gasteiger partial charge in [-0.25, -0.2) is 18.0 Å². The van der Waals surface area contributed by atoms with Crippen molar-refractivity contribution in [2.24, 2.45) is 0 Å². The van der Waals surface area contributed by atoms with Crippen LogP contribution in [0.4, 0.5) is 18.0 Å². The number of hydrogen-bond acceptors (Lipinski definition) is 3. The van der Waals surface area contributed by atoms with Crippen molar-refractivity contribution in [2.45, 2.75) is 18.9 Å². The molecule has 0 aliphatic carbocycles. The number of nitrogens with one attached hydrogen (secondary N) is 1. The van der Waals surface area contributed by atoms with Crippen LogP contribution in [0.2, 0.25) is 0 Å². The fraction of sp³-hybridized carbons (Fsp3) is 0.316. The van der Waals surface area contributed by atoms with Crippen LogP contribution in [0.5, 0.6) is 5.75 Å². The van der Waals surface area contributed by atoms with E-state index in [0.717, 1.165) is 6.07 Å². The standard InChI is InChI=1S/C19H19F3N2O2/c1-2-24(19(25)26-14-6-4-13(20)5-7-14)18-11-23-10-15(18)12-3-8-16(21)17(22)9-12/h3-9,15,18,23H,2,10-11H2,1H3/t15-,18+/m0/s1. The van der Waals surface area contributed by atoms with Crippen molar-refractivity contribution in [1.29, 1.82) is 0 Å². The minimum absolute atomic E-state index is 0.189. The van der Waals surface area contributed by atoms with E-state index in [2.05, 4.69) is 5.32 Å². The molecule has 1 heterocycles. The summed E-state index contributed by atoms with van der Waals surface area (Å²) >= 11 is 0. The number of benzene rings is 2. The Balaban J connectivity index is 1.78. The molecule has 0 aromatic heterocycles. The molecule has 7 heteroatoms. The summed E-state index contributed by atoms with van der Waals surface area (Å²) in [6, 6.07) is 8.69. The first-order chi connectivity index (χ1) is 12.5. The smallest absolute Gasteiger partial charge is 0.410 e. The molecule has 1 fully saturated rings. The van der Waals surface area contributed by atoms with Crippen LogP contribution in [-0.2, 0) is 0 Å². The van der Waals surface area contributed by atoms with Crippen molar-refractivity contribution in [1.82, 2.24) is 10.2 Å². The van der Waals surface area contributed by atoms with Gasteiger partial charge in [0.05, 0.1) is 6.04 Å². The molecule has 0 unspecified atom stereocenters. The number of hydrogen-bond donors (Lipinski definition) is 1. The molecule has 1 saturated heterocycles. The summed E-state index contributed by atoms with van der Waals surface area (Å²) < 4.78 is 45.1. The monoisotopic (exact) mass is 364 g/mol. The summed E-state index contributed by atoms with van der Waals surface area (Å²) in [4.78, 5) is 14.1. The van der Waals surface area contributed by atoms with Crippen LogP contribution in [0, 0.1) is 17.5 Å². The molecular formula is C19H19F3N2O2. The highest BCUT2D eigenvalue weighted by molar-refractivity contribution is 5.71. The number of carbonyl (C=O) groups is 1. The van der Waals surface area contributed by atoms with Gasteiger partial charge in [0.15, 0.2) is 11.6 Å². The van der Waals surface area contributed by atoms with Crippen molar-refractivity contribution in [3.05, 3.63) is 65.5 Å². The van der Waals surface area contributed by atoms with E-state index in [1.165, 1.54) is 41.3 Å². The molecule has 1 aliphatic heterocycles. The highest BCUT2D eigenvalue weighted by Crippen LogP contribution is 2.28. The van der Waals surface area contributed by atoms with Crippen LogP contribution in [0.1, 0.15) is 18.4 Å². The first-order valence-corrected chi connectivity index (χ1v) is 8.39. The third-order valence-electron chi connectivity index (χ3n) is 4.55. The van der Waals surface area contributed by atoms with E-state index < -0.39 is 23.5 Å². The quantitative estimate of drug-likeness (QED) is 0.900. The van der Waals surface area contributed by atoms with Crippen molar-refractivity contribution in [3.8, 4) is 5.75 Å². The van der Waals surface area contributed by atoms with Gasteiger partial charge in [-0.2, -0.15) is 0 Å². The molecule has 1 N–H and O–H groups in total. The van der Waals surface area contributed by atoms with E-state index >= 15 is 0 Å². The topological polar surface area (TPSA) is 41.6 Å². The lowest BCUT2D eigenvalue weighted by atomic mass is 9.93. The first-order valence-electron chi connectivity index (χ1n) is 8.39. The van der Waals surface area contributed by atoms with Crippen LogP contribution in [-0.4, -0.2) is 36.7 Å². The average molecular weight is 364 g/mol. The minimum Gasteiger partial charge on any atom is -0.410 e. The van der Waals surface area contributed by atoms with Crippen molar-refractivity contribution >= 4 is 6.09 Å². The van der Waals surface area contributed by atoms with Gasteiger partial charge in [-0.3, -0.25) is 0 Å². The molecule has 3 rings (SSSR count). The van der Waals surface area contributed by atoms with E-state index in [9.17, 15) is 18.0 Å². The molecule has 0 spiro atoms. The third kappa shape index (κ3) is 3.83. The van der Waals surface area contributed by atoms with Crippen molar-refractivity contribution < 1.29 is 22.7 Å². The first kappa shape index (κ1) is 18.3. The van der Waals surface area contributed by atoms with Gasteiger partial charge in [-0.1, -0.05) is 6.07 Å². The van der Waals surface area contributed by atoms with Gasteiger partial charge in [-0.15, -0.1) is 0 Å². The van der Waals surface area contributed by atoms with Gasteiger partial charge in [0.25, 0.3) is 0 Å². The third-order valence-corrected chi connectivity index (χ3v) is 4.55. The largest absolute Gasteiger partial charge is 0.415 e. The Morgan fingerprint density at radius 1 is 1.12 bits per heavy atom. The van der Waals surface area contributed by atoms with E-state index in [0.29, 0.717) is 25.2 Å². The molecule has 26 heavy (non-hydrogen) atoms. The minimum atomic E-state index is -0.912. The second-order valence-corrected chi connectivity index (χ2v) is 6.11. The average Bonchev–Trinajstić information content (AvgIpc) is 3.09. The summed E-state index contributed by atoms with van der Waals surface area (Å²) in [6.45, 7) is 3.24. The summed E-state index contributed by atoms with van der Waals surface area (Å²) in [5.74, 6) is -2.18. The Bertz CT molecular complexity index is 783. The lowest BCUT2D eigenvalue weighted by molar-refractivity contribution is 0.134. The predicted molar refractivity (Wildman–Crippen MR) is 90.6 cm³/mol.